The first-order valence-electron chi connectivity index (χ1n) is 5.19. The normalized spacial score (nSPS) is 9.89. The van der Waals surface area contributed by atoms with Crippen LogP contribution in [0.4, 0.5) is 10.7 Å². The molecule has 0 aliphatic heterocycles. The third kappa shape index (κ3) is 3.89. The Kier molecular flexibility index (Phi) is 4.41. The molecular formula is C10H14N4O4. The van der Waals surface area contributed by atoms with E-state index in [0.717, 1.165) is 0 Å². The second kappa shape index (κ2) is 5.80. The SMILES string of the molecule is CC(=O)OCCc1c(C)nc(NC(N)=O)[nH]c1=O. The number of esters is 1. The highest BCUT2D eigenvalue weighted by molar-refractivity contribution is 5.85. The summed E-state index contributed by atoms with van der Waals surface area (Å²) in [6, 6.07) is -0.815. The Morgan fingerprint density at radius 1 is 1.50 bits per heavy atom. The lowest BCUT2D eigenvalue weighted by atomic mass is 10.2. The molecule has 0 spiro atoms. The largest absolute Gasteiger partial charge is 0.466 e. The van der Waals surface area contributed by atoms with Gasteiger partial charge in [0.1, 0.15) is 0 Å². The van der Waals surface area contributed by atoms with Crippen LogP contribution in [0.2, 0.25) is 0 Å². The second-order valence-corrected chi connectivity index (χ2v) is 3.56. The fourth-order valence-corrected chi connectivity index (χ4v) is 1.38. The molecule has 0 bridgehead atoms. The topological polar surface area (TPSA) is 127 Å². The highest BCUT2D eigenvalue weighted by atomic mass is 16.5. The number of ether oxygens (including phenoxy) is 1. The van der Waals surface area contributed by atoms with Crippen molar-refractivity contribution in [3.63, 3.8) is 0 Å². The van der Waals surface area contributed by atoms with E-state index in [1.807, 2.05) is 0 Å². The van der Waals surface area contributed by atoms with Crippen LogP contribution in [0.25, 0.3) is 0 Å². The van der Waals surface area contributed by atoms with Crippen LogP contribution < -0.4 is 16.6 Å². The molecule has 0 unspecified atom stereocenters. The first-order chi connectivity index (χ1) is 8.40. The van der Waals surface area contributed by atoms with Crippen LogP contribution in [0, 0.1) is 6.92 Å². The molecule has 1 aromatic heterocycles. The first kappa shape index (κ1) is 13.7. The number of nitrogens with two attached hydrogens (primary N) is 1. The van der Waals surface area contributed by atoms with Crippen LogP contribution in [0.3, 0.4) is 0 Å². The Morgan fingerprint density at radius 2 is 2.17 bits per heavy atom. The summed E-state index contributed by atoms with van der Waals surface area (Å²) in [6.45, 7) is 3.00. The number of anilines is 1. The Morgan fingerprint density at radius 3 is 2.67 bits per heavy atom. The molecule has 18 heavy (non-hydrogen) atoms. The van der Waals surface area contributed by atoms with Crippen LogP contribution in [-0.4, -0.2) is 28.6 Å². The van der Waals surface area contributed by atoms with Gasteiger partial charge in [0.15, 0.2) is 0 Å². The number of rotatable bonds is 4. The first-order valence-corrected chi connectivity index (χ1v) is 5.19. The van der Waals surface area contributed by atoms with Crippen molar-refractivity contribution in [3.8, 4) is 0 Å². The molecule has 0 atom stereocenters. The Balaban J connectivity index is 2.84. The molecule has 0 aromatic carbocycles. The van der Waals surface area contributed by atoms with E-state index in [4.69, 9.17) is 10.5 Å². The standard InChI is InChI=1S/C10H14N4O4/c1-5-7(3-4-18-6(2)15)8(16)13-10(12-5)14-9(11)17/h3-4H2,1-2H3,(H4,11,12,13,14,16,17). The van der Waals surface area contributed by atoms with Crippen LogP contribution in [0.15, 0.2) is 4.79 Å². The molecule has 0 fully saturated rings. The summed E-state index contributed by atoms with van der Waals surface area (Å²) in [7, 11) is 0. The van der Waals surface area contributed by atoms with E-state index in [1.165, 1.54) is 6.92 Å². The highest BCUT2D eigenvalue weighted by Gasteiger charge is 2.09. The monoisotopic (exact) mass is 254 g/mol. The number of aromatic nitrogens is 2. The third-order valence-corrected chi connectivity index (χ3v) is 2.12. The molecule has 98 valence electrons. The number of nitrogens with zero attached hydrogens (tertiary/aromatic N) is 1. The van der Waals surface area contributed by atoms with Gasteiger partial charge in [0.2, 0.25) is 5.95 Å². The number of amides is 2. The van der Waals surface area contributed by atoms with E-state index in [2.05, 4.69) is 15.3 Å². The number of hydrogen-bond acceptors (Lipinski definition) is 5. The van der Waals surface area contributed by atoms with Crippen LogP contribution in [-0.2, 0) is 16.0 Å². The van der Waals surface area contributed by atoms with Gasteiger partial charge in [-0.1, -0.05) is 0 Å². The minimum atomic E-state index is -0.815. The number of carbonyl (C=O) groups is 2. The van der Waals surface area contributed by atoms with Crippen molar-refractivity contribution in [3.05, 3.63) is 21.6 Å². The third-order valence-electron chi connectivity index (χ3n) is 2.12. The summed E-state index contributed by atoms with van der Waals surface area (Å²) < 4.78 is 4.74. The fourth-order valence-electron chi connectivity index (χ4n) is 1.38. The van der Waals surface area contributed by atoms with Gasteiger partial charge in [0.05, 0.1) is 12.3 Å². The number of urea groups is 1. The molecule has 0 saturated carbocycles. The maximum absolute atomic E-state index is 11.7. The number of aromatic amines is 1. The summed E-state index contributed by atoms with van der Waals surface area (Å²) in [5.74, 6) is -0.426. The van der Waals surface area contributed by atoms with Crippen molar-refractivity contribution in [1.82, 2.24) is 9.97 Å². The minimum absolute atomic E-state index is 0.0127. The minimum Gasteiger partial charge on any atom is -0.466 e. The van der Waals surface area contributed by atoms with Gasteiger partial charge in [0.25, 0.3) is 5.56 Å². The van der Waals surface area contributed by atoms with Crippen molar-refractivity contribution in [2.75, 3.05) is 11.9 Å². The van der Waals surface area contributed by atoms with Crippen molar-refractivity contribution >= 4 is 17.9 Å². The molecule has 0 radical (unpaired) electrons. The van der Waals surface area contributed by atoms with Crippen molar-refractivity contribution in [2.45, 2.75) is 20.3 Å². The lowest BCUT2D eigenvalue weighted by Crippen LogP contribution is -2.26. The number of nitrogens with one attached hydrogen (secondary N) is 2. The molecule has 1 heterocycles. The zero-order valence-corrected chi connectivity index (χ0v) is 10.1. The number of hydrogen-bond donors (Lipinski definition) is 3. The summed E-state index contributed by atoms with van der Waals surface area (Å²) in [5.41, 5.74) is 5.34. The van der Waals surface area contributed by atoms with E-state index < -0.39 is 17.6 Å². The van der Waals surface area contributed by atoms with Gasteiger partial charge >= 0.3 is 12.0 Å². The van der Waals surface area contributed by atoms with Gasteiger partial charge in [-0.2, -0.15) is 0 Å². The fraction of sp³-hybridized carbons (Fsp3) is 0.400. The van der Waals surface area contributed by atoms with Crippen LogP contribution in [0.5, 0.6) is 0 Å². The van der Waals surface area contributed by atoms with Gasteiger partial charge < -0.3 is 10.5 Å². The van der Waals surface area contributed by atoms with Crippen LogP contribution in [0.1, 0.15) is 18.2 Å². The van der Waals surface area contributed by atoms with Gasteiger partial charge in [-0.25, -0.2) is 9.78 Å². The molecule has 1 aromatic rings. The van der Waals surface area contributed by atoms with Crippen molar-refractivity contribution < 1.29 is 14.3 Å². The molecule has 8 heteroatoms. The van der Waals surface area contributed by atoms with E-state index in [9.17, 15) is 14.4 Å². The molecule has 8 nitrogen and oxygen atoms in total. The van der Waals surface area contributed by atoms with E-state index in [1.54, 1.807) is 6.92 Å². The Bertz CT molecular complexity index is 523. The van der Waals surface area contributed by atoms with Crippen LogP contribution >= 0.6 is 0 Å². The lowest BCUT2D eigenvalue weighted by molar-refractivity contribution is -0.140. The smallest absolute Gasteiger partial charge is 0.318 e. The maximum Gasteiger partial charge on any atom is 0.318 e. The lowest BCUT2D eigenvalue weighted by Gasteiger charge is -2.07. The molecule has 2 amide bonds. The zero-order chi connectivity index (χ0) is 13.7. The average molecular weight is 254 g/mol. The zero-order valence-electron chi connectivity index (χ0n) is 10.1. The molecule has 0 saturated heterocycles. The average Bonchev–Trinajstić information content (AvgIpc) is 2.20. The Labute approximate surface area is 103 Å². The van der Waals surface area contributed by atoms with E-state index in [0.29, 0.717) is 11.3 Å². The number of primary amides is 1. The second-order valence-electron chi connectivity index (χ2n) is 3.56. The summed E-state index contributed by atoms with van der Waals surface area (Å²) in [5, 5.41) is 2.17. The molecular weight excluding hydrogens is 240 g/mol. The van der Waals surface area contributed by atoms with Gasteiger partial charge in [-0.05, 0) is 6.92 Å². The predicted molar refractivity (Wildman–Crippen MR) is 63.1 cm³/mol. The summed E-state index contributed by atoms with van der Waals surface area (Å²) in [6.07, 6.45) is 0.255. The van der Waals surface area contributed by atoms with Gasteiger partial charge in [-0.3, -0.25) is 19.9 Å². The number of carbonyl (C=O) groups excluding carboxylic acids is 2. The predicted octanol–water partition coefficient (Wildman–Crippen LogP) is -0.325. The maximum atomic E-state index is 11.7. The quantitative estimate of drug-likeness (QED) is 0.634. The number of H-pyrrole nitrogens is 1. The summed E-state index contributed by atoms with van der Waals surface area (Å²) >= 11 is 0. The summed E-state index contributed by atoms with van der Waals surface area (Å²) in [4.78, 5) is 39.2. The molecule has 0 aliphatic carbocycles. The van der Waals surface area contributed by atoms with E-state index in [-0.39, 0.29) is 19.0 Å². The Hall–Kier alpha value is -2.38. The van der Waals surface area contributed by atoms with Crippen molar-refractivity contribution in [2.24, 2.45) is 5.73 Å². The van der Waals surface area contributed by atoms with Gasteiger partial charge in [0, 0.05) is 18.9 Å². The molecule has 4 N–H and O–H groups in total. The highest BCUT2D eigenvalue weighted by Crippen LogP contribution is 2.03. The molecule has 1 rings (SSSR count). The van der Waals surface area contributed by atoms with E-state index >= 15 is 0 Å². The number of aryl methyl sites for hydroxylation is 1. The van der Waals surface area contributed by atoms with Crippen molar-refractivity contribution in [1.29, 1.82) is 0 Å². The molecule has 0 aliphatic rings. The van der Waals surface area contributed by atoms with Gasteiger partial charge in [-0.15, -0.1) is 0 Å².